The van der Waals surface area contributed by atoms with Crippen molar-refractivity contribution in [2.75, 3.05) is 0 Å². The maximum atomic E-state index is 12.2. The van der Waals surface area contributed by atoms with Crippen molar-refractivity contribution in [3.63, 3.8) is 0 Å². The lowest BCUT2D eigenvalue weighted by Gasteiger charge is -2.01. The lowest BCUT2D eigenvalue weighted by Crippen LogP contribution is -2.07. The highest BCUT2D eigenvalue weighted by Gasteiger charge is 2.13. The molecule has 2 rings (SSSR count). The Kier molecular flexibility index (Phi) is 3.99. The number of halogens is 1. The van der Waals surface area contributed by atoms with Gasteiger partial charge < -0.3 is 0 Å². The van der Waals surface area contributed by atoms with Gasteiger partial charge in [-0.1, -0.05) is 0 Å². The molecule has 2 aromatic rings. The van der Waals surface area contributed by atoms with Crippen molar-refractivity contribution in [1.82, 2.24) is 19.6 Å². The van der Waals surface area contributed by atoms with Crippen molar-refractivity contribution in [2.24, 2.45) is 7.05 Å². The van der Waals surface area contributed by atoms with Crippen molar-refractivity contribution in [2.45, 2.75) is 20.4 Å². The number of ketones is 1. The molecule has 100 valence electrons. The number of aromatic nitrogens is 4. The molecule has 2 aromatic heterocycles. The van der Waals surface area contributed by atoms with E-state index in [0.717, 1.165) is 11.3 Å². The van der Waals surface area contributed by atoms with Crippen LogP contribution in [0, 0.1) is 6.92 Å². The van der Waals surface area contributed by atoms with Crippen LogP contribution in [0.15, 0.2) is 22.9 Å². The molecule has 0 fully saturated rings. The van der Waals surface area contributed by atoms with Crippen LogP contribution in [0.5, 0.6) is 0 Å². The molecule has 0 aliphatic rings. The van der Waals surface area contributed by atoms with E-state index in [4.69, 9.17) is 0 Å². The molecular formula is C13H15BrN4O. The Morgan fingerprint density at radius 2 is 2.16 bits per heavy atom. The van der Waals surface area contributed by atoms with Gasteiger partial charge in [0.15, 0.2) is 0 Å². The van der Waals surface area contributed by atoms with E-state index in [1.54, 1.807) is 33.9 Å². The Hall–Kier alpha value is -1.69. The molecular weight excluding hydrogens is 308 g/mol. The largest absolute Gasteiger partial charge is 0.288 e. The summed E-state index contributed by atoms with van der Waals surface area (Å²) in [6, 6.07) is 0. The van der Waals surface area contributed by atoms with Crippen molar-refractivity contribution in [3.8, 4) is 0 Å². The second-order valence-corrected chi connectivity index (χ2v) is 5.02. The molecule has 5 nitrogen and oxygen atoms in total. The number of aryl methyl sites for hydroxylation is 2. The van der Waals surface area contributed by atoms with Crippen molar-refractivity contribution < 1.29 is 4.79 Å². The van der Waals surface area contributed by atoms with Gasteiger partial charge >= 0.3 is 0 Å². The van der Waals surface area contributed by atoms with Gasteiger partial charge in [-0.2, -0.15) is 10.2 Å². The van der Waals surface area contributed by atoms with E-state index in [2.05, 4.69) is 26.1 Å². The van der Waals surface area contributed by atoms with Gasteiger partial charge in [0, 0.05) is 24.8 Å². The summed E-state index contributed by atoms with van der Waals surface area (Å²) in [5, 5.41) is 8.27. The summed E-state index contributed by atoms with van der Waals surface area (Å²) in [5.74, 6) is -0.0746. The number of hydrogen-bond donors (Lipinski definition) is 0. The molecule has 0 unspecified atom stereocenters. The number of carbonyl (C=O) groups excluding carboxylic acids is 1. The van der Waals surface area contributed by atoms with Crippen LogP contribution >= 0.6 is 15.9 Å². The van der Waals surface area contributed by atoms with Gasteiger partial charge in [-0.05, 0) is 41.9 Å². The molecule has 6 heteroatoms. The van der Waals surface area contributed by atoms with E-state index in [1.807, 2.05) is 20.9 Å². The highest BCUT2D eigenvalue weighted by atomic mass is 79.9. The third kappa shape index (κ3) is 2.68. The third-order valence-corrected chi connectivity index (χ3v) is 3.60. The first-order valence-corrected chi connectivity index (χ1v) is 6.76. The highest BCUT2D eigenvalue weighted by molar-refractivity contribution is 9.10. The molecule has 2 heterocycles. The average molecular weight is 323 g/mol. The molecule has 0 aliphatic heterocycles. The van der Waals surface area contributed by atoms with Crippen LogP contribution < -0.4 is 0 Å². The van der Waals surface area contributed by atoms with E-state index in [-0.39, 0.29) is 5.78 Å². The van der Waals surface area contributed by atoms with E-state index in [9.17, 15) is 4.79 Å². The van der Waals surface area contributed by atoms with Crippen LogP contribution in [0.2, 0.25) is 0 Å². The smallest absolute Gasteiger partial charge is 0.205 e. The van der Waals surface area contributed by atoms with Crippen LogP contribution in [0.25, 0.3) is 6.08 Å². The van der Waals surface area contributed by atoms with E-state index in [0.29, 0.717) is 16.7 Å². The molecule has 0 N–H and O–H groups in total. The van der Waals surface area contributed by atoms with Crippen molar-refractivity contribution in [3.05, 3.63) is 39.9 Å². The van der Waals surface area contributed by atoms with Crippen LogP contribution in [0.4, 0.5) is 0 Å². The molecule has 0 aromatic carbocycles. The average Bonchev–Trinajstić information content (AvgIpc) is 2.92. The Morgan fingerprint density at radius 3 is 2.74 bits per heavy atom. The Morgan fingerprint density at radius 1 is 1.42 bits per heavy atom. The number of rotatable bonds is 4. The fourth-order valence-electron chi connectivity index (χ4n) is 1.77. The standard InChI is InChI=1S/C13H15BrN4O/c1-4-18-13(11(14)8-16-18)12(19)6-5-10-7-15-17(3)9(10)2/h5-8H,4H2,1-3H3/b6-5+. The van der Waals surface area contributed by atoms with E-state index < -0.39 is 0 Å². The van der Waals surface area contributed by atoms with E-state index >= 15 is 0 Å². The maximum Gasteiger partial charge on any atom is 0.205 e. The third-order valence-electron chi connectivity index (χ3n) is 3.02. The van der Waals surface area contributed by atoms with Crippen LogP contribution in [0.1, 0.15) is 28.7 Å². The fourth-order valence-corrected chi connectivity index (χ4v) is 2.26. The Balaban J connectivity index is 2.26. The van der Waals surface area contributed by atoms with Gasteiger partial charge in [0.1, 0.15) is 5.69 Å². The van der Waals surface area contributed by atoms with Gasteiger partial charge in [0.05, 0.1) is 16.9 Å². The number of nitrogens with zero attached hydrogens (tertiary/aromatic N) is 4. The van der Waals surface area contributed by atoms with Gasteiger partial charge in [-0.15, -0.1) is 0 Å². The summed E-state index contributed by atoms with van der Waals surface area (Å²) >= 11 is 3.35. The molecule has 0 saturated carbocycles. The number of carbonyl (C=O) groups is 1. The first-order chi connectivity index (χ1) is 9.04. The van der Waals surface area contributed by atoms with Gasteiger partial charge in [0.25, 0.3) is 0 Å². The van der Waals surface area contributed by atoms with Crippen LogP contribution in [-0.2, 0) is 13.6 Å². The minimum atomic E-state index is -0.0746. The lowest BCUT2D eigenvalue weighted by atomic mass is 10.2. The van der Waals surface area contributed by atoms with Crippen molar-refractivity contribution >= 4 is 27.8 Å². The fraction of sp³-hybridized carbons (Fsp3) is 0.308. The predicted octanol–water partition coefficient (Wildman–Crippen LogP) is 2.60. The monoisotopic (exact) mass is 322 g/mol. The van der Waals surface area contributed by atoms with Crippen molar-refractivity contribution in [1.29, 1.82) is 0 Å². The second kappa shape index (κ2) is 5.52. The van der Waals surface area contributed by atoms with Gasteiger partial charge in [0.2, 0.25) is 5.78 Å². The zero-order valence-corrected chi connectivity index (χ0v) is 12.7. The zero-order valence-electron chi connectivity index (χ0n) is 11.1. The molecule has 0 saturated heterocycles. The summed E-state index contributed by atoms with van der Waals surface area (Å²) in [7, 11) is 1.87. The summed E-state index contributed by atoms with van der Waals surface area (Å²) in [5.41, 5.74) is 2.53. The molecule has 0 bridgehead atoms. The normalized spacial score (nSPS) is 11.4. The van der Waals surface area contributed by atoms with Gasteiger partial charge in [-0.25, -0.2) is 0 Å². The topological polar surface area (TPSA) is 52.7 Å². The van der Waals surface area contributed by atoms with E-state index in [1.165, 1.54) is 0 Å². The first-order valence-electron chi connectivity index (χ1n) is 5.97. The summed E-state index contributed by atoms with van der Waals surface area (Å²) in [6.45, 7) is 4.57. The molecule has 0 radical (unpaired) electrons. The molecule has 0 atom stereocenters. The molecule has 0 aliphatic carbocycles. The quantitative estimate of drug-likeness (QED) is 0.642. The highest BCUT2D eigenvalue weighted by Crippen LogP contribution is 2.18. The second-order valence-electron chi connectivity index (χ2n) is 4.16. The summed E-state index contributed by atoms with van der Waals surface area (Å²) in [4.78, 5) is 12.2. The van der Waals surface area contributed by atoms with Crippen LogP contribution in [0.3, 0.4) is 0 Å². The minimum absolute atomic E-state index is 0.0746. The number of hydrogen-bond acceptors (Lipinski definition) is 3. The zero-order chi connectivity index (χ0) is 14.0. The lowest BCUT2D eigenvalue weighted by molar-refractivity contribution is 0.103. The molecule has 0 amide bonds. The number of allylic oxidation sites excluding steroid dienone is 1. The Labute approximate surface area is 120 Å². The molecule has 0 spiro atoms. The summed E-state index contributed by atoms with van der Waals surface area (Å²) < 4.78 is 4.16. The molecule has 19 heavy (non-hydrogen) atoms. The Bertz CT molecular complexity index is 639. The van der Waals surface area contributed by atoms with Crippen LogP contribution in [-0.4, -0.2) is 25.3 Å². The predicted molar refractivity (Wildman–Crippen MR) is 76.9 cm³/mol. The van der Waals surface area contributed by atoms with Gasteiger partial charge in [-0.3, -0.25) is 14.2 Å². The SMILES string of the molecule is CCn1ncc(Br)c1C(=O)/C=C/c1cnn(C)c1C. The summed E-state index contributed by atoms with van der Waals surface area (Å²) in [6.07, 6.45) is 6.72. The maximum absolute atomic E-state index is 12.2. The first kappa shape index (κ1) is 13.7. The minimum Gasteiger partial charge on any atom is -0.288 e.